The van der Waals surface area contributed by atoms with Gasteiger partial charge < -0.3 is 14.4 Å². The Balaban J connectivity index is 1.30. The predicted octanol–water partition coefficient (Wildman–Crippen LogP) is 5.03. The van der Waals surface area contributed by atoms with E-state index in [1.165, 1.54) is 12.1 Å². The van der Waals surface area contributed by atoms with Gasteiger partial charge in [0.05, 0.1) is 11.5 Å². The van der Waals surface area contributed by atoms with Gasteiger partial charge in [0, 0.05) is 49.9 Å². The van der Waals surface area contributed by atoms with E-state index in [1.54, 1.807) is 12.1 Å². The van der Waals surface area contributed by atoms with Gasteiger partial charge >= 0.3 is 12.1 Å². The van der Waals surface area contributed by atoms with E-state index < -0.39 is 23.1 Å². The van der Waals surface area contributed by atoms with Crippen molar-refractivity contribution in [1.82, 2.24) is 15.0 Å². The molecule has 5 rings (SSSR count). The molecule has 0 aliphatic carbocycles. The molecule has 2 fully saturated rings. The van der Waals surface area contributed by atoms with E-state index in [0.29, 0.717) is 57.1 Å². The van der Waals surface area contributed by atoms with E-state index >= 15 is 0 Å². The minimum atomic E-state index is -4.42. The number of carbonyl (C=O) groups is 1. The van der Waals surface area contributed by atoms with E-state index in [9.17, 15) is 18.0 Å². The minimum Gasteiger partial charge on any atom is -0.481 e. The zero-order chi connectivity index (χ0) is 26.0. The zero-order valence-electron chi connectivity index (χ0n) is 19.9. The number of benzene rings is 2. The van der Waals surface area contributed by atoms with Gasteiger partial charge in [-0.1, -0.05) is 53.7 Å². The Kier molecular flexibility index (Phi) is 6.87. The van der Waals surface area contributed by atoms with Crippen molar-refractivity contribution in [3.8, 4) is 11.4 Å². The summed E-state index contributed by atoms with van der Waals surface area (Å²) in [6.45, 7) is 2.65. The Bertz CT molecular complexity index is 1270. The Morgan fingerprint density at radius 2 is 1.86 bits per heavy atom. The number of alkyl halides is 3. The lowest BCUT2D eigenvalue weighted by atomic mass is 9.73. The van der Waals surface area contributed by atoms with Crippen LogP contribution < -0.4 is 0 Å². The highest BCUT2D eigenvalue weighted by atomic mass is 19.4. The standard InChI is InChI=1S/C27H26F3N3O4/c28-27(29,30)22-3-1-2-21(14-22)26(10-12-36-13-11-26)9-8-23-31-24(32-37-23)19-6-4-18(5-7-19)15-33-16-20(17-33)25(34)35/h1-9,14,20H,10-13,15-17H2,(H,34,35). The van der Waals surface area contributed by atoms with Gasteiger partial charge in [0.15, 0.2) is 0 Å². The maximum Gasteiger partial charge on any atom is 0.416 e. The zero-order valence-corrected chi connectivity index (χ0v) is 19.9. The van der Waals surface area contributed by atoms with Crippen molar-refractivity contribution in [3.05, 3.63) is 77.2 Å². The second-order valence-corrected chi connectivity index (χ2v) is 9.56. The number of carboxylic acid groups (broad SMARTS) is 1. The van der Waals surface area contributed by atoms with Crippen LogP contribution in [0.15, 0.2) is 59.1 Å². The molecule has 1 N–H and O–H groups in total. The molecule has 0 spiro atoms. The molecule has 2 saturated heterocycles. The van der Waals surface area contributed by atoms with Crippen LogP contribution in [-0.2, 0) is 27.7 Å². The molecule has 0 bridgehead atoms. The summed E-state index contributed by atoms with van der Waals surface area (Å²) in [5.41, 5.74) is 1.08. The number of carboxylic acids is 1. The van der Waals surface area contributed by atoms with Gasteiger partial charge in [-0.2, -0.15) is 18.2 Å². The Hall–Kier alpha value is -3.50. The number of nitrogens with zero attached hydrogens (tertiary/aromatic N) is 3. The summed E-state index contributed by atoms with van der Waals surface area (Å²) in [7, 11) is 0. The number of halogens is 3. The topological polar surface area (TPSA) is 88.7 Å². The van der Waals surface area contributed by atoms with E-state index in [1.807, 2.05) is 30.3 Å². The smallest absolute Gasteiger partial charge is 0.416 e. The van der Waals surface area contributed by atoms with Crippen LogP contribution in [0.4, 0.5) is 13.2 Å². The molecular formula is C27H26F3N3O4. The van der Waals surface area contributed by atoms with Gasteiger partial charge in [-0.05, 0) is 30.0 Å². The van der Waals surface area contributed by atoms with Crippen molar-refractivity contribution in [3.63, 3.8) is 0 Å². The molecule has 0 amide bonds. The van der Waals surface area contributed by atoms with Crippen molar-refractivity contribution >= 4 is 12.0 Å². The van der Waals surface area contributed by atoms with E-state index in [2.05, 4.69) is 15.0 Å². The molecule has 2 aliphatic rings. The predicted molar refractivity (Wildman–Crippen MR) is 128 cm³/mol. The molecule has 10 heteroatoms. The molecule has 3 heterocycles. The van der Waals surface area contributed by atoms with Gasteiger partial charge in [0.2, 0.25) is 5.82 Å². The Morgan fingerprint density at radius 3 is 2.54 bits per heavy atom. The fourth-order valence-electron chi connectivity index (χ4n) is 4.82. The van der Waals surface area contributed by atoms with Crippen LogP contribution in [-0.4, -0.2) is 52.4 Å². The third-order valence-electron chi connectivity index (χ3n) is 7.06. The van der Waals surface area contributed by atoms with Crippen LogP contribution in [0.3, 0.4) is 0 Å². The average molecular weight is 514 g/mol. The van der Waals surface area contributed by atoms with E-state index in [-0.39, 0.29) is 11.8 Å². The molecule has 3 aromatic rings. The molecule has 0 unspecified atom stereocenters. The highest BCUT2D eigenvalue weighted by Gasteiger charge is 2.36. The van der Waals surface area contributed by atoms with Crippen molar-refractivity contribution < 1.29 is 32.3 Å². The first-order chi connectivity index (χ1) is 17.7. The molecule has 0 radical (unpaired) electrons. The second kappa shape index (κ2) is 10.1. The minimum absolute atomic E-state index is 0.261. The normalized spacial score (nSPS) is 18.7. The first-order valence-electron chi connectivity index (χ1n) is 12.0. The first kappa shape index (κ1) is 25.2. The summed E-state index contributed by atoms with van der Waals surface area (Å²) < 4.78 is 50.9. The monoisotopic (exact) mass is 513 g/mol. The van der Waals surface area contributed by atoms with Crippen LogP contribution in [0.5, 0.6) is 0 Å². The van der Waals surface area contributed by atoms with Crippen LogP contribution in [0, 0.1) is 5.92 Å². The molecule has 0 saturated carbocycles. The molecular weight excluding hydrogens is 487 g/mol. The van der Waals surface area contributed by atoms with Crippen LogP contribution >= 0.6 is 0 Å². The number of likely N-dealkylation sites (tertiary alicyclic amines) is 1. The molecule has 1 aromatic heterocycles. The van der Waals surface area contributed by atoms with Crippen molar-refractivity contribution in [2.75, 3.05) is 26.3 Å². The van der Waals surface area contributed by atoms with Crippen molar-refractivity contribution in [2.45, 2.75) is 31.0 Å². The molecule has 0 atom stereocenters. The number of rotatable bonds is 7. The summed E-state index contributed by atoms with van der Waals surface area (Å²) in [6, 6.07) is 13.1. The lowest BCUT2D eigenvalue weighted by molar-refractivity contribution is -0.147. The lowest BCUT2D eigenvalue weighted by Gasteiger charge is -2.36. The van der Waals surface area contributed by atoms with E-state index in [4.69, 9.17) is 14.4 Å². The first-order valence-corrected chi connectivity index (χ1v) is 12.0. The van der Waals surface area contributed by atoms with Crippen molar-refractivity contribution in [1.29, 1.82) is 0 Å². The third kappa shape index (κ3) is 5.60. The van der Waals surface area contributed by atoms with Gasteiger partial charge in [-0.25, -0.2) is 0 Å². The quantitative estimate of drug-likeness (QED) is 0.474. The maximum absolute atomic E-state index is 13.3. The molecule has 2 aromatic carbocycles. The molecule has 2 aliphatic heterocycles. The largest absolute Gasteiger partial charge is 0.481 e. The van der Waals surface area contributed by atoms with Crippen LogP contribution in [0.25, 0.3) is 17.5 Å². The van der Waals surface area contributed by atoms with E-state index in [0.717, 1.165) is 17.2 Å². The Morgan fingerprint density at radius 1 is 1.14 bits per heavy atom. The SMILES string of the molecule is O=C(O)C1CN(Cc2ccc(-c3noc(C=CC4(c5cccc(C(F)(F)F)c5)CCOCC4)n3)cc2)C1. The van der Waals surface area contributed by atoms with Gasteiger partial charge in [-0.15, -0.1) is 0 Å². The fraction of sp³-hybridized carbons (Fsp3) is 0.370. The molecule has 37 heavy (non-hydrogen) atoms. The fourth-order valence-corrected chi connectivity index (χ4v) is 4.82. The van der Waals surface area contributed by atoms with Crippen molar-refractivity contribution in [2.24, 2.45) is 5.92 Å². The highest BCUT2D eigenvalue weighted by Crippen LogP contribution is 2.39. The lowest BCUT2D eigenvalue weighted by Crippen LogP contribution is -2.49. The molecule has 194 valence electrons. The van der Waals surface area contributed by atoms with Crippen LogP contribution in [0.2, 0.25) is 0 Å². The number of ether oxygens (including phenoxy) is 1. The summed E-state index contributed by atoms with van der Waals surface area (Å²) in [4.78, 5) is 17.5. The number of hydrogen-bond acceptors (Lipinski definition) is 6. The van der Waals surface area contributed by atoms with Gasteiger partial charge in [-0.3, -0.25) is 9.69 Å². The van der Waals surface area contributed by atoms with Gasteiger partial charge in [0.1, 0.15) is 0 Å². The Labute approximate surface area is 211 Å². The van der Waals surface area contributed by atoms with Gasteiger partial charge in [0.25, 0.3) is 5.89 Å². The average Bonchev–Trinajstić information content (AvgIpc) is 3.34. The molecule has 7 nitrogen and oxygen atoms in total. The number of aliphatic carboxylic acids is 1. The summed E-state index contributed by atoms with van der Waals surface area (Å²) in [5, 5.41) is 13.1. The highest BCUT2D eigenvalue weighted by molar-refractivity contribution is 5.71. The summed E-state index contributed by atoms with van der Waals surface area (Å²) in [5.74, 6) is -0.386. The summed E-state index contributed by atoms with van der Waals surface area (Å²) >= 11 is 0. The maximum atomic E-state index is 13.3. The second-order valence-electron chi connectivity index (χ2n) is 9.56. The van der Waals surface area contributed by atoms with Crippen LogP contribution in [0.1, 0.15) is 35.4 Å². The third-order valence-corrected chi connectivity index (χ3v) is 7.06. The number of aromatic nitrogens is 2. The number of hydrogen-bond donors (Lipinski definition) is 1. The number of allylic oxidation sites excluding steroid dienone is 1. The summed E-state index contributed by atoms with van der Waals surface area (Å²) in [6.07, 6.45) is 0.177.